The first-order valence-corrected chi connectivity index (χ1v) is 15.1. The van der Waals surface area contributed by atoms with Gasteiger partial charge in [0.25, 0.3) is 0 Å². The normalized spacial score (nSPS) is 25.4. The zero-order chi connectivity index (χ0) is 28.4. The number of rotatable bonds is 3. The third-order valence-corrected chi connectivity index (χ3v) is 9.91. The lowest BCUT2D eigenvalue weighted by atomic mass is 9.61. The summed E-state index contributed by atoms with van der Waals surface area (Å²) >= 11 is 0. The average Bonchev–Trinajstić information content (AvgIpc) is 3.56. The van der Waals surface area contributed by atoms with E-state index in [0.717, 1.165) is 22.5 Å². The Kier molecular flexibility index (Phi) is 5.36. The number of allylic oxidation sites excluding steroid dienone is 8. The third kappa shape index (κ3) is 3.45. The molecule has 43 heavy (non-hydrogen) atoms. The van der Waals surface area contributed by atoms with E-state index in [9.17, 15) is 0 Å². The maximum atomic E-state index is 5.17. The molecule has 9 rings (SSSR count). The van der Waals surface area contributed by atoms with Gasteiger partial charge >= 0.3 is 0 Å². The summed E-state index contributed by atoms with van der Waals surface area (Å²) < 4.78 is 0. The molecule has 1 spiro atoms. The maximum absolute atomic E-state index is 5.17. The van der Waals surface area contributed by atoms with Crippen molar-refractivity contribution >= 4 is 0 Å². The van der Waals surface area contributed by atoms with Crippen LogP contribution in [0.5, 0.6) is 0 Å². The van der Waals surface area contributed by atoms with Crippen LogP contribution in [0.25, 0.3) is 34.2 Å². The Morgan fingerprint density at radius 2 is 0.977 bits per heavy atom. The number of hydrogen-bond acceptors (Lipinski definition) is 3. The number of hydrogen-bond donors (Lipinski definition) is 0. The van der Waals surface area contributed by atoms with Crippen LogP contribution in [0.2, 0.25) is 0 Å². The smallest absolute Gasteiger partial charge is 0.164 e. The van der Waals surface area contributed by atoms with Gasteiger partial charge in [-0.05, 0) is 22.3 Å². The van der Waals surface area contributed by atoms with Crippen LogP contribution in [0.15, 0.2) is 152 Å². The van der Waals surface area contributed by atoms with Gasteiger partial charge in [-0.15, -0.1) is 0 Å². The predicted molar refractivity (Wildman–Crippen MR) is 172 cm³/mol. The lowest BCUT2D eigenvalue weighted by Gasteiger charge is -2.40. The Morgan fingerprint density at radius 3 is 1.67 bits per heavy atom. The number of fused-ring (bicyclic) bond motifs is 10. The van der Waals surface area contributed by atoms with Gasteiger partial charge in [-0.3, -0.25) is 0 Å². The van der Waals surface area contributed by atoms with Crippen molar-refractivity contribution in [3.8, 4) is 34.2 Å². The topological polar surface area (TPSA) is 38.7 Å². The fourth-order valence-corrected chi connectivity index (χ4v) is 8.32. The van der Waals surface area contributed by atoms with Crippen LogP contribution in [-0.4, -0.2) is 15.0 Å². The summed E-state index contributed by atoms with van der Waals surface area (Å²) in [6, 6.07) is 36.4. The summed E-state index contributed by atoms with van der Waals surface area (Å²) in [6.07, 6.45) is 18.7. The lowest BCUT2D eigenvalue weighted by molar-refractivity contribution is 0.312. The molecule has 0 N–H and O–H groups in total. The lowest BCUT2D eigenvalue weighted by Crippen LogP contribution is -2.38. The molecule has 0 saturated carbocycles. The molecule has 4 aromatic carbocycles. The van der Waals surface area contributed by atoms with Crippen LogP contribution in [0.4, 0.5) is 0 Å². The fourth-order valence-electron chi connectivity index (χ4n) is 8.32. The molecule has 0 saturated heterocycles. The van der Waals surface area contributed by atoms with Gasteiger partial charge in [0, 0.05) is 45.8 Å². The minimum absolute atomic E-state index is 0.169. The van der Waals surface area contributed by atoms with Gasteiger partial charge in [0.2, 0.25) is 0 Å². The monoisotopic (exact) mass is 551 g/mol. The van der Waals surface area contributed by atoms with Gasteiger partial charge in [-0.25, -0.2) is 15.0 Å². The average molecular weight is 552 g/mol. The van der Waals surface area contributed by atoms with Gasteiger partial charge in [-0.2, -0.15) is 0 Å². The van der Waals surface area contributed by atoms with Crippen molar-refractivity contribution in [2.45, 2.75) is 17.3 Å². The summed E-state index contributed by atoms with van der Waals surface area (Å²) in [5.41, 5.74) is 8.54. The first-order valence-electron chi connectivity index (χ1n) is 15.1. The Labute approximate surface area is 251 Å². The molecule has 204 valence electrons. The number of aromatic nitrogens is 3. The van der Waals surface area contributed by atoms with Crippen LogP contribution >= 0.6 is 0 Å². The highest BCUT2D eigenvalue weighted by atomic mass is 15.0. The summed E-state index contributed by atoms with van der Waals surface area (Å²) in [5.74, 6) is 3.33. The Bertz CT molecular complexity index is 1950. The van der Waals surface area contributed by atoms with Crippen molar-refractivity contribution in [3.63, 3.8) is 0 Å². The van der Waals surface area contributed by atoms with Gasteiger partial charge in [0.1, 0.15) is 0 Å². The number of benzene rings is 4. The molecule has 0 bridgehead atoms. The quantitative estimate of drug-likeness (QED) is 0.225. The first kappa shape index (κ1) is 24.4. The second-order valence-electron chi connectivity index (χ2n) is 11.9. The van der Waals surface area contributed by atoms with E-state index in [0.29, 0.717) is 29.4 Å². The van der Waals surface area contributed by atoms with Crippen molar-refractivity contribution < 1.29 is 0 Å². The third-order valence-electron chi connectivity index (χ3n) is 9.91. The van der Waals surface area contributed by atoms with Crippen LogP contribution in [0.3, 0.4) is 0 Å². The standard InChI is InChI=1S/C40H29N3/c1-3-14-26(15-4-1)37-41-38(27-16-5-2-6-17-27)43-39(42-37)31-21-13-25-35-36(31)30-20-9-12-24-34(30)40(35)32-22-10-7-18-28(32)29-19-8-11-23-33(29)40/h1-25,28,30,32,34H. The van der Waals surface area contributed by atoms with E-state index in [2.05, 4.69) is 115 Å². The predicted octanol–water partition coefficient (Wildman–Crippen LogP) is 8.84. The highest BCUT2D eigenvalue weighted by molar-refractivity contribution is 5.75. The SMILES string of the molecule is C1=CC2c3ccccc3C3(c4cccc(-c5nc(-c6ccccc6)nc(-c6ccccc6)n5)c4C4C=CC=CC43)C2C=C1. The zero-order valence-corrected chi connectivity index (χ0v) is 23.6. The van der Waals surface area contributed by atoms with E-state index in [-0.39, 0.29) is 11.3 Å². The van der Waals surface area contributed by atoms with E-state index >= 15 is 0 Å². The van der Waals surface area contributed by atoms with Gasteiger partial charge in [0.05, 0.1) is 0 Å². The van der Waals surface area contributed by atoms with Gasteiger partial charge in [0.15, 0.2) is 17.5 Å². The fraction of sp³-hybridized carbons (Fsp3) is 0.125. The summed E-state index contributed by atoms with van der Waals surface area (Å²) in [4.78, 5) is 15.3. The van der Waals surface area contributed by atoms with Crippen molar-refractivity contribution in [2.24, 2.45) is 11.8 Å². The molecule has 3 heteroatoms. The second-order valence-corrected chi connectivity index (χ2v) is 11.9. The van der Waals surface area contributed by atoms with Crippen molar-refractivity contribution in [1.29, 1.82) is 0 Å². The molecule has 4 aliphatic carbocycles. The molecule has 0 radical (unpaired) electrons. The second kappa shape index (κ2) is 9.43. The Hall–Kier alpha value is -5.15. The molecule has 1 aromatic heterocycles. The van der Waals surface area contributed by atoms with Crippen molar-refractivity contribution in [2.75, 3.05) is 0 Å². The molecule has 0 fully saturated rings. The summed E-state index contributed by atoms with van der Waals surface area (Å²) in [7, 11) is 0. The molecule has 0 amide bonds. The minimum atomic E-state index is -0.169. The molecule has 1 heterocycles. The van der Waals surface area contributed by atoms with Crippen LogP contribution in [0, 0.1) is 11.8 Å². The van der Waals surface area contributed by atoms with Crippen LogP contribution in [0.1, 0.15) is 34.1 Å². The van der Waals surface area contributed by atoms with Crippen LogP contribution < -0.4 is 0 Å². The summed E-state index contributed by atoms with van der Waals surface area (Å²) in [5, 5.41) is 0. The Morgan fingerprint density at radius 1 is 0.442 bits per heavy atom. The van der Waals surface area contributed by atoms with E-state index in [4.69, 9.17) is 15.0 Å². The van der Waals surface area contributed by atoms with E-state index < -0.39 is 0 Å². The largest absolute Gasteiger partial charge is 0.208 e. The highest BCUT2D eigenvalue weighted by Gasteiger charge is 2.61. The zero-order valence-electron chi connectivity index (χ0n) is 23.6. The van der Waals surface area contributed by atoms with Crippen molar-refractivity contribution in [3.05, 3.63) is 174 Å². The van der Waals surface area contributed by atoms with E-state index in [1.807, 2.05) is 36.4 Å². The Balaban J connectivity index is 1.32. The number of nitrogens with zero attached hydrogens (tertiary/aromatic N) is 3. The minimum Gasteiger partial charge on any atom is -0.208 e. The molecular formula is C40H29N3. The van der Waals surface area contributed by atoms with Crippen molar-refractivity contribution in [1.82, 2.24) is 15.0 Å². The summed E-state index contributed by atoms with van der Waals surface area (Å²) in [6.45, 7) is 0. The van der Waals surface area contributed by atoms with E-state index in [1.54, 1.807) is 0 Å². The maximum Gasteiger partial charge on any atom is 0.164 e. The first-order chi connectivity index (χ1) is 21.3. The van der Waals surface area contributed by atoms with E-state index in [1.165, 1.54) is 22.3 Å². The van der Waals surface area contributed by atoms with Crippen LogP contribution in [-0.2, 0) is 5.41 Å². The van der Waals surface area contributed by atoms with Gasteiger partial charge in [-0.1, -0.05) is 152 Å². The molecule has 5 aromatic rings. The molecule has 5 unspecified atom stereocenters. The van der Waals surface area contributed by atoms with Gasteiger partial charge < -0.3 is 0 Å². The highest BCUT2D eigenvalue weighted by Crippen LogP contribution is 2.68. The molecule has 0 aliphatic heterocycles. The molecule has 3 nitrogen and oxygen atoms in total. The molecular weight excluding hydrogens is 522 g/mol. The molecule has 5 atom stereocenters. The molecule has 4 aliphatic rings.